The van der Waals surface area contributed by atoms with Gasteiger partial charge >= 0.3 is 0 Å². The van der Waals surface area contributed by atoms with Crippen LogP contribution in [0.1, 0.15) is 24.2 Å². The molecule has 0 radical (unpaired) electrons. The van der Waals surface area contributed by atoms with Gasteiger partial charge in [-0.3, -0.25) is 4.79 Å². The molecule has 0 saturated heterocycles. The van der Waals surface area contributed by atoms with Crippen LogP contribution in [0.25, 0.3) is 0 Å². The number of nitrogens with zero attached hydrogens (tertiary/aromatic N) is 1. The maximum atomic E-state index is 11.5. The van der Waals surface area contributed by atoms with E-state index in [1.165, 1.54) is 0 Å². The summed E-state index contributed by atoms with van der Waals surface area (Å²) in [5, 5.41) is 5.94. The lowest BCUT2D eigenvalue weighted by Crippen LogP contribution is -2.34. The molecule has 1 aromatic rings. The second kappa shape index (κ2) is 6.61. The first-order valence-corrected chi connectivity index (χ1v) is 6.75. The van der Waals surface area contributed by atoms with Crippen LogP contribution in [0.5, 0.6) is 0 Å². The highest BCUT2D eigenvalue weighted by Gasteiger charge is 2.19. The van der Waals surface area contributed by atoms with Gasteiger partial charge in [-0.1, -0.05) is 13.8 Å². The van der Waals surface area contributed by atoms with E-state index in [2.05, 4.69) is 43.5 Å². The molecule has 4 N–H and O–H groups in total. The highest BCUT2D eigenvalue weighted by Crippen LogP contribution is 2.23. The molecule has 0 aliphatic heterocycles. The van der Waals surface area contributed by atoms with Crippen molar-refractivity contribution in [2.45, 2.75) is 13.8 Å². The fraction of sp³-hybridized carbons (Fsp3) is 0.533. The number of rotatable bonds is 6. The van der Waals surface area contributed by atoms with Crippen molar-refractivity contribution in [2.75, 3.05) is 45.3 Å². The minimum atomic E-state index is -0.129. The van der Waals surface area contributed by atoms with Crippen LogP contribution in [0.2, 0.25) is 0 Å². The molecule has 0 spiro atoms. The van der Waals surface area contributed by atoms with Crippen molar-refractivity contribution in [3.63, 3.8) is 0 Å². The Morgan fingerprint density at radius 3 is 2.50 bits per heavy atom. The fourth-order valence-electron chi connectivity index (χ4n) is 2.26. The van der Waals surface area contributed by atoms with Gasteiger partial charge in [0.15, 0.2) is 0 Å². The minimum absolute atomic E-state index is 0.129. The van der Waals surface area contributed by atoms with E-state index in [1.54, 1.807) is 19.2 Å². The normalized spacial score (nSPS) is 11.5. The van der Waals surface area contributed by atoms with Crippen molar-refractivity contribution >= 4 is 17.3 Å². The second-order valence-electron chi connectivity index (χ2n) is 6.14. The van der Waals surface area contributed by atoms with Crippen LogP contribution >= 0.6 is 0 Å². The number of carbonyl (C=O) groups excluding carboxylic acids is 1. The summed E-state index contributed by atoms with van der Waals surface area (Å²) in [6, 6.07) is 5.32. The molecule has 20 heavy (non-hydrogen) atoms. The van der Waals surface area contributed by atoms with E-state index in [-0.39, 0.29) is 11.3 Å². The summed E-state index contributed by atoms with van der Waals surface area (Å²) in [5.74, 6) is -0.129. The minimum Gasteiger partial charge on any atom is -0.397 e. The average molecular weight is 278 g/mol. The largest absolute Gasteiger partial charge is 0.397 e. The van der Waals surface area contributed by atoms with Gasteiger partial charge in [0.25, 0.3) is 5.91 Å². The van der Waals surface area contributed by atoms with E-state index >= 15 is 0 Å². The summed E-state index contributed by atoms with van der Waals surface area (Å²) >= 11 is 0. The number of hydrogen-bond donors (Lipinski definition) is 3. The zero-order valence-corrected chi connectivity index (χ0v) is 13.1. The molecular weight excluding hydrogens is 252 g/mol. The third-order valence-corrected chi connectivity index (χ3v) is 3.04. The Hall–Kier alpha value is -1.75. The monoisotopic (exact) mass is 278 g/mol. The summed E-state index contributed by atoms with van der Waals surface area (Å²) in [6.45, 7) is 6.20. The number of nitrogens with one attached hydrogen (secondary N) is 2. The topological polar surface area (TPSA) is 70.4 Å². The molecule has 0 heterocycles. The molecule has 0 bridgehead atoms. The van der Waals surface area contributed by atoms with Crippen LogP contribution in [0.3, 0.4) is 0 Å². The van der Waals surface area contributed by atoms with Gasteiger partial charge in [-0.15, -0.1) is 0 Å². The molecule has 5 nitrogen and oxygen atoms in total. The number of nitrogen functional groups attached to an aromatic ring is 1. The van der Waals surface area contributed by atoms with Gasteiger partial charge in [0.05, 0.1) is 11.4 Å². The Kier molecular flexibility index (Phi) is 5.39. The quantitative estimate of drug-likeness (QED) is 0.692. The van der Waals surface area contributed by atoms with Crippen molar-refractivity contribution in [1.82, 2.24) is 10.2 Å². The molecule has 1 aromatic carbocycles. The summed E-state index contributed by atoms with van der Waals surface area (Å²) in [6.07, 6.45) is 0. The van der Waals surface area contributed by atoms with Crippen LogP contribution < -0.4 is 16.4 Å². The first kappa shape index (κ1) is 16.3. The maximum Gasteiger partial charge on any atom is 0.251 e. The molecule has 1 amide bonds. The summed E-state index contributed by atoms with van der Waals surface area (Å²) in [5.41, 5.74) is 8.15. The molecule has 0 atom stereocenters. The Bertz CT molecular complexity index is 469. The Balaban J connectivity index is 2.72. The molecule has 0 aliphatic rings. The Morgan fingerprint density at radius 1 is 1.35 bits per heavy atom. The number of carbonyl (C=O) groups is 1. The van der Waals surface area contributed by atoms with Gasteiger partial charge < -0.3 is 21.3 Å². The zero-order valence-electron chi connectivity index (χ0n) is 13.1. The first-order chi connectivity index (χ1) is 9.25. The van der Waals surface area contributed by atoms with Crippen LogP contribution in [-0.2, 0) is 0 Å². The second-order valence-corrected chi connectivity index (χ2v) is 6.14. The highest BCUT2D eigenvalue weighted by atomic mass is 16.1. The molecule has 0 fully saturated rings. The van der Waals surface area contributed by atoms with Gasteiger partial charge in [-0.2, -0.15) is 0 Å². The highest BCUT2D eigenvalue weighted by molar-refractivity contribution is 5.95. The van der Waals surface area contributed by atoms with Crippen molar-refractivity contribution in [3.8, 4) is 0 Å². The molecule has 112 valence electrons. The van der Waals surface area contributed by atoms with Crippen LogP contribution in [0.15, 0.2) is 18.2 Å². The predicted molar refractivity (Wildman–Crippen MR) is 85.1 cm³/mol. The third-order valence-electron chi connectivity index (χ3n) is 3.04. The summed E-state index contributed by atoms with van der Waals surface area (Å²) < 4.78 is 0. The number of amides is 1. The van der Waals surface area contributed by atoms with Crippen molar-refractivity contribution in [1.29, 1.82) is 0 Å². The van der Waals surface area contributed by atoms with Gasteiger partial charge in [0, 0.05) is 25.7 Å². The Labute approximate surface area is 121 Å². The molecule has 5 heteroatoms. The standard InChI is InChI=1S/C15H26N4O/c1-15(2,10-19(4)5)9-18-13-7-6-11(8-12(13)16)14(20)17-3/h6-8,18H,9-10,16H2,1-5H3,(H,17,20). The Morgan fingerprint density at radius 2 is 2.00 bits per heavy atom. The van der Waals surface area contributed by atoms with Crippen molar-refractivity contribution in [2.24, 2.45) is 5.41 Å². The number of hydrogen-bond acceptors (Lipinski definition) is 4. The molecule has 1 rings (SSSR count). The SMILES string of the molecule is CNC(=O)c1ccc(NCC(C)(C)CN(C)C)c(N)c1. The van der Waals surface area contributed by atoms with Gasteiger partial charge in [0.1, 0.15) is 0 Å². The van der Waals surface area contributed by atoms with E-state index in [1.807, 2.05) is 6.07 Å². The number of nitrogens with two attached hydrogens (primary N) is 1. The van der Waals surface area contributed by atoms with Crippen LogP contribution in [-0.4, -0.2) is 45.0 Å². The van der Waals surface area contributed by atoms with Crippen LogP contribution in [0.4, 0.5) is 11.4 Å². The van der Waals surface area contributed by atoms with E-state index in [4.69, 9.17) is 5.73 Å². The summed E-state index contributed by atoms with van der Waals surface area (Å²) in [7, 11) is 5.73. The lowest BCUT2D eigenvalue weighted by atomic mass is 9.93. The fourth-order valence-corrected chi connectivity index (χ4v) is 2.26. The lowest BCUT2D eigenvalue weighted by Gasteiger charge is -2.29. The molecule has 0 saturated carbocycles. The van der Waals surface area contributed by atoms with Gasteiger partial charge in [0.2, 0.25) is 0 Å². The van der Waals surface area contributed by atoms with E-state index in [9.17, 15) is 4.79 Å². The molecule has 0 aromatic heterocycles. The van der Waals surface area contributed by atoms with Gasteiger partial charge in [-0.05, 0) is 37.7 Å². The lowest BCUT2D eigenvalue weighted by molar-refractivity contribution is 0.0963. The molecule has 0 aliphatic carbocycles. The predicted octanol–water partition coefficient (Wildman–Crippen LogP) is 1.63. The first-order valence-electron chi connectivity index (χ1n) is 6.75. The average Bonchev–Trinajstić information content (AvgIpc) is 2.34. The number of benzene rings is 1. The van der Waals surface area contributed by atoms with Crippen molar-refractivity contribution < 1.29 is 4.79 Å². The molecular formula is C15H26N4O. The number of anilines is 2. The maximum absolute atomic E-state index is 11.5. The van der Waals surface area contributed by atoms with E-state index in [0.717, 1.165) is 18.8 Å². The van der Waals surface area contributed by atoms with Crippen LogP contribution in [0, 0.1) is 5.41 Å². The smallest absolute Gasteiger partial charge is 0.251 e. The van der Waals surface area contributed by atoms with Gasteiger partial charge in [-0.25, -0.2) is 0 Å². The summed E-state index contributed by atoms with van der Waals surface area (Å²) in [4.78, 5) is 13.7. The molecule has 0 unspecified atom stereocenters. The van der Waals surface area contributed by atoms with E-state index in [0.29, 0.717) is 11.3 Å². The van der Waals surface area contributed by atoms with Crippen molar-refractivity contribution in [3.05, 3.63) is 23.8 Å². The third kappa shape index (κ3) is 4.74. The zero-order chi connectivity index (χ0) is 15.3. The van der Waals surface area contributed by atoms with E-state index < -0.39 is 0 Å².